The van der Waals surface area contributed by atoms with Crippen molar-refractivity contribution in [3.05, 3.63) is 39.0 Å². The summed E-state index contributed by atoms with van der Waals surface area (Å²) < 4.78 is 0. The Bertz CT molecular complexity index is 29.1. The van der Waals surface area contributed by atoms with Crippen LogP contribution in [0.3, 0.4) is 0 Å². The monoisotopic (exact) mass is 157 g/mol. The minimum atomic E-state index is 1.75. The van der Waals surface area contributed by atoms with E-state index < -0.39 is 0 Å². The quantitative estimate of drug-likeness (QED) is 0.404. The molecule has 0 saturated carbocycles. The van der Waals surface area contributed by atoms with Crippen molar-refractivity contribution in [3.63, 3.8) is 0 Å². The fraction of sp³-hybridized carbons (Fsp3) is 0.300. The molecular formula is C10H23N. The number of hydrogen-bond donors (Lipinski definition) is 1. The van der Waals surface area contributed by atoms with Crippen LogP contribution in [0.1, 0.15) is 20.8 Å². The van der Waals surface area contributed by atoms with Crippen LogP contribution in [0.2, 0.25) is 0 Å². The summed E-state index contributed by atoms with van der Waals surface area (Å²) in [6, 6.07) is 0. The maximum atomic E-state index is 5.50. The first-order valence-corrected chi connectivity index (χ1v) is 3.34. The highest BCUT2D eigenvalue weighted by Gasteiger charge is 1.15. The zero-order chi connectivity index (χ0) is 10.7. The van der Waals surface area contributed by atoms with E-state index in [9.17, 15) is 0 Å². The molecule has 0 aromatic rings. The zero-order valence-electron chi connectivity index (χ0n) is 8.32. The highest BCUT2D eigenvalue weighted by atomic mass is 14.2. The second kappa shape index (κ2) is 45700. The Kier molecular flexibility index (Phi) is 136000. The molecule has 0 aromatic carbocycles. The Morgan fingerprint density at radius 2 is 0.909 bits per heavy atom. The summed E-state index contributed by atoms with van der Waals surface area (Å²) >= 11 is 0. The van der Waals surface area contributed by atoms with E-state index in [1.165, 1.54) is 0 Å². The molecule has 0 saturated heterocycles. The van der Waals surface area contributed by atoms with E-state index in [-0.39, 0.29) is 0 Å². The fourth-order valence-corrected chi connectivity index (χ4v) is 0. The highest BCUT2D eigenvalue weighted by molar-refractivity contribution is 5.15. The van der Waals surface area contributed by atoms with Crippen molar-refractivity contribution < 1.29 is 0 Å². The minimum absolute atomic E-state index is 1.75. The van der Waals surface area contributed by atoms with E-state index >= 15 is 0 Å². The van der Waals surface area contributed by atoms with Crippen molar-refractivity contribution in [3.8, 4) is 0 Å². The van der Waals surface area contributed by atoms with Crippen molar-refractivity contribution in [2.75, 3.05) is 0 Å². The van der Waals surface area contributed by atoms with Gasteiger partial charge in [-0.15, -0.1) is 32.9 Å². The number of hydrogen-bond acceptors (Lipinski definition) is 1. The molecule has 68 valence electrons. The van der Waals surface area contributed by atoms with Crippen molar-refractivity contribution in [2.24, 2.45) is 0 Å². The average Bonchev–Trinajstić information content (AvgIpc) is 2.18. The summed E-state index contributed by atoms with van der Waals surface area (Å²) in [6.07, 6.45) is 1.75. The van der Waals surface area contributed by atoms with Crippen molar-refractivity contribution >= 4 is 6.72 Å². The second-order valence-electron chi connectivity index (χ2n) is 0.408. The molecule has 0 rings (SSSR count). The van der Waals surface area contributed by atoms with Crippen molar-refractivity contribution in [2.45, 2.75) is 20.8 Å². The van der Waals surface area contributed by atoms with Crippen LogP contribution in [0.5, 0.6) is 0 Å². The van der Waals surface area contributed by atoms with E-state index in [0.717, 1.165) is 0 Å². The smallest absolute Gasteiger partial charge is 0.0187 e. The third-order valence-electron chi connectivity index (χ3n) is 0. The maximum absolute atomic E-state index is 5.50. The molecule has 0 spiro atoms. The third-order valence-corrected chi connectivity index (χ3v) is 0. The first-order chi connectivity index (χ1) is 5.41. The van der Waals surface area contributed by atoms with Gasteiger partial charge in [0, 0.05) is 0 Å². The molecule has 1 N–H and O–H groups in total. The van der Waals surface area contributed by atoms with Gasteiger partial charge in [0.1, 0.15) is 0 Å². The molecule has 0 aromatic heterocycles. The van der Waals surface area contributed by atoms with Crippen LogP contribution in [-0.2, 0) is 0 Å². The summed E-state index contributed by atoms with van der Waals surface area (Å²) in [5.74, 6) is 0. The number of nitrogens with one attached hydrogen (secondary N) is 1. The highest BCUT2D eigenvalue weighted by Crippen LogP contribution is 1.38. The molecule has 0 radical (unpaired) electrons. The molecule has 0 unspecified atom stereocenters. The SMILES string of the molecule is C=C.C=C.C=CC.C=N.CC. The predicted molar refractivity (Wildman–Crippen MR) is 59.6 cm³/mol. The maximum Gasteiger partial charge on any atom is -0.0187 e. The lowest BCUT2D eigenvalue weighted by Crippen LogP contribution is -1.07. The van der Waals surface area contributed by atoms with Crippen LogP contribution in [0.25, 0.3) is 0 Å². The van der Waals surface area contributed by atoms with E-state index in [2.05, 4.69) is 39.6 Å². The van der Waals surface area contributed by atoms with Crippen LogP contribution in [0, 0.1) is 5.41 Å². The normalized spacial score (nSPS) is 2.82. The molecular weight excluding hydrogens is 134 g/mol. The minimum Gasteiger partial charge on any atom is -0.317 e. The molecule has 0 fully saturated rings. The zero-order valence-corrected chi connectivity index (χ0v) is 8.32. The Morgan fingerprint density at radius 1 is 0.909 bits per heavy atom. The molecule has 11 heavy (non-hydrogen) atoms. The lowest BCUT2D eigenvalue weighted by molar-refractivity contribution is 1.50. The second-order valence-corrected chi connectivity index (χ2v) is 0.408. The average molecular weight is 157 g/mol. The fourth-order valence-electron chi connectivity index (χ4n) is 0. The van der Waals surface area contributed by atoms with Gasteiger partial charge in [0.25, 0.3) is 0 Å². The lowest BCUT2D eigenvalue weighted by atomic mass is 10.8. The molecule has 1 nitrogen and oxygen atoms in total. The molecule has 0 aliphatic carbocycles. The summed E-state index contributed by atoms with van der Waals surface area (Å²) in [5, 5.41) is 5.50. The van der Waals surface area contributed by atoms with E-state index in [1.807, 2.05) is 20.8 Å². The topological polar surface area (TPSA) is 23.9 Å². The van der Waals surface area contributed by atoms with Crippen LogP contribution >= 0.6 is 0 Å². The molecule has 0 heterocycles. The molecule has 0 aliphatic rings. The third kappa shape index (κ3) is 343. The van der Waals surface area contributed by atoms with Gasteiger partial charge in [-0.2, -0.15) is 0 Å². The predicted octanol–water partition coefficient (Wildman–Crippen LogP) is 4.09. The van der Waals surface area contributed by atoms with Gasteiger partial charge in [-0.25, -0.2) is 0 Å². The Balaban J connectivity index is -0.0000000139. The van der Waals surface area contributed by atoms with Crippen LogP contribution in [-0.4, -0.2) is 6.72 Å². The number of allylic oxidation sites excluding steroid dienone is 1. The van der Waals surface area contributed by atoms with Crippen molar-refractivity contribution in [1.29, 1.82) is 5.41 Å². The van der Waals surface area contributed by atoms with Gasteiger partial charge in [-0.1, -0.05) is 19.9 Å². The Morgan fingerprint density at radius 3 is 0.909 bits per heavy atom. The molecule has 0 amide bonds. The first-order valence-electron chi connectivity index (χ1n) is 3.34. The summed E-state index contributed by atoms with van der Waals surface area (Å²) in [4.78, 5) is 0. The largest absolute Gasteiger partial charge is 0.317 e. The number of rotatable bonds is 0. The van der Waals surface area contributed by atoms with Crippen LogP contribution in [0.15, 0.2) is 39.0 Å². The lowest BCUT2D eigenvalue weighted by Gasteiger charge is -1.31. The Labute approximate surface area is 72.7 Å². The van der Waals surface area contributed by atoms with Gasteiger partial charge in [0.15, 0.2) is 0 Å². The van der Waals surface area contributed by atoms with Gasteiger partial charge in [-0.05, 0) is 13.6 Å². The molecule has 0 aliphatic heterocycles. The van der Waals surface area contributed by atoms with Crippen molar-refractivity contribution in [1.82, 2.24) is 0 Å². The standard InChI is InChI=1S/C3H6.C2H6.2C2H4.CH3N/c1-3-2;4*1-2/h3H,1H2,2H3;1-2H3;2*1-2H2;2H,1H2. The molecule has 1 heteroatoms. The van der Waals surface area contributed by atoms with Crippen LogP contribution in [0.4, 0.5) is 0 Å². The van der Waals surface area contributed by atoms with E-state index in [4.69, 9.17) is 5.41 Å². The molecule has 0 bridgehead atoms. The van der Waals surface area contributed by atoms with Crippen LogP contribution < -0.4 is 0 Å². The van der Waals surface area contributed by atoms with Gasteiger partial charge < -0.3 is 5.41 Å². The summed E-state index contributed by atoms with van der Waals surface area (Å²) in [7, 11) is 0. The Hall–Kier alpha value is -1.11. The van der Waals surface area contributed by atoms with Gasteiger partial charge in [0.05, 0.1) is 0 Å². The summed E-state index contributed by atoms with van der Waals surface area (Å²) in [6.45, 7) is 23.8. The van der Waals surface area contributed by atoms with E-state index in [1.54, 1.807) is 6.08 Å². The summed E-state index contributed by atoms with van der Waals surface area (Å²) in [5.41, 5.74) is 0. The first kappa shape index (κ1) is 32.7. The van der Waals surface area contributed by atoms with Gasteiger partial charge in [-0.3, -0.25) is 0 Å². The van der Waals surface area contributed by atoms with Gasteiger partial charge >= 0.3 is 0 Å². The molecule has 0 atom stereocenters. The van der Waals surface area contributed by atoms with Gasteiger partial charge in [0.2, 0.25) is 0 Å². The van der Waals surface area contributed by atoms with E-state index in [0.29, 0.717) is 0 Å².